The molecule has 1 aromatic heterocycles. The lowest BCUT2D eigenvalue weighted by molar-refractivity contribution is 0.407. The van der Waals surface area contributed by atoms with E-state index in [0.717, 1.165) is 18.9 Å². The Morgan fingerprint density at radius 1 is 1.08 bits per heavy atom. The number of nitrogens with zero attached hydrogens (tertiary/aromatic N) is 4. The molecule has 2 aromatic rings. The molecule has 0 fully saturated rings. The molecule has 0 amide bonds. The van der Waals surface area contributed by atoms with Gasteiger partial charge < -0.3 is 4.90 Å². The third-order valence-corrected chi connectivity index (χ3v) is 3.22. The number of hydrogen-bond donors (Lipinski definition) is 0. The van der Waals surface area contributed by atoms with Crippen LogP contribution in [0.2, 0.25) is 0 Å². The van der Waals surface area contributed by atoms with Gasteiger partial charge in [0.1, 0.15) is 11.9 Å². The molecule has 0 aliphatic rings. The molecular formula is C20H28N4. The van der Waals surface area contributed by atoms with Gasteiger partial charge in [0, 0.05) is 19.3 Å². The molecule has 1 aromatic carbocycles. The van der Waals surface area contributed by atoms with Crippen molar-refractivity contribution in [3.05, 3.63) is 53.5 Å². The molecule has 4 heteroatoms. The second kappa shape index (κ2) is 9.02. The zero-order valence-corrected chi connectivity index (χ0v) is 15.7. The molecule has 24 heavy (non-hydrogen) atoms. The first kappa shape index (κ1) is 19.6. The van der Waals surface area contributed by atoms with E-state index in [2.05, 4.69) is 66.8 Å². The quantitative estimate of drug-likeness (QED) is 0.815. The Morgan fingerprint density at radius 3 is 2.25 bits per heavy atom. The van der Waals surface area contributed by atoms with Crippen molar-refractivity contribution in [2.75, 3.05) is 11.4 Å². The Balaban J connectivity index is 0.00000139. The van der Waals surface area contributed by atoms with Gasteiger partial charge in [-0.3, -0.25) is 0 Å². The molecule has 1 heterocycles. The number of hydrogen-bond acceptors (Lipinski definition) is 4. The van der Waals surface area contributed by atoms with E-state index in [9.17, 15) is 0 Å². The average Bonchev–Trinajstić information content (AvgIpc) is 2.57. The molecule has 4 nitrogen and oxygen atoms in total. The smallest absolute Gasteiger partial charge is 0.234 e. The molecule has 0 spiro atoms. The van der Waals surface area contributed by atoms with Crippen LogP contribution in [-0.2, 0) is 6.54 Å². The average molecular weight is 324 g/mol. The Labute approximate surface area is 146 Å². The predicted molar refractivity (Wildman–Crippen MR) is 99.8 cm³/mol. The second-order valence-corrected chi connectivity index (χ2v) is 6.75. The summed E-state index contributed by atoms with van der Waals surface area (Å²) >= 11 is 0. The van der Waals surface area contributed by atoms with Crippen LogP contribution in [0.15, 0.2) is 36.5 Å². The largest absolute Gasteiger partial charge is 0.352 e. The lowest BCUT2D eigenvalue weighted by Crippen LogP contribution is -2.33. The normalized spacial score (nSPS) is 10.4. The Bertz CT molecular complexity index is 663. The van der Waals surface area contributed by atoms with Gasteiger partial charge in [-0.05, 0) is 24.0 Å². The summed E-state index contributed by atoms with van der Waals surface area (Å²) < 4.78 is 0. The molecular weight excluding hydrogens is 296 g/mol. The molecule has 0 aliphatic carbocycles. The fraction of sp³-hybridized carbons (Fsp3) is 0.450. The minimum atomic E-state index is 0.127. The van der Waals surface area contributed by atoms with Crippen molar-refractivity contribution in [1.82, 2.24) is 9.97 Å². The summed E-state index contributed by atoms with van der Waals surface area (Å²) in [5, 5.41) is 9.00. The van der Waals surface area contributed by atoms with Crippen molar-refractivity contribution in [1.29, 1.82) is 5.26 Å². The lowest BCUT2D eigenvalue weighted by atomic mass is 9.95. The molecule has 0 N–H and O–H groups in total. The van der Waals surface area contributed by atoms with Gasteiger partial charge in [-0.25, -0.2) is 9.97 Å². The van der Waals surface area contributed by atoms with E-state index in [1.54, 1.807) is 6.20 Å². The highest BCUT2D eigenvalue weighted by Gasteiger charge is 2.18. The van der Waals surface area contributed by atoms with E-state index in [-0.39, 0.29) is 11.2 Å². The number of benzene rings is 1. The molecule has 2 rings (SSSR count). The van der Waals surface area contributed by atoms with Gasteiger partial charge in [0.25, 0.3) is 0 Å². The molecule has 128 valence electrons. The summed E-state index contributed by atoms with van der Waals surface area (Å²) in [6.45, 7) is 14.3. The van der Waals surface area contributed by atoms with Gasteiger partial charge in [0.05, 0.1) is 0 Å². The van der Waals surface area contributed by atoms with Crippen LogP contribution < -0.4 is 4.90 Å². The highest BCUT2D eigenvalue weighted by atomic mass is 15.2. The van der Waals surface area contributed by atoms with E-state index in [0.29, 0.717) is 0 Å². The maximum Gasteiger partial charge on any atom is 0.234 e. The Hall–Kier alpha value is -2.41. The van der Waals surface area contributed by atoms with Crippen LogP contribution in [0, 0.1) is 23.7 Å². The van der Waals surface area contributed by atoms with Crippen molar-refractivity contribution in [3.63, 3.8) is 0 Å². The summed E-state index contributed by atoms with van der Waals surface area (Å²) in [5.41, 5.74) is 2.61. The van der Waals surface area contributed by atoms with E-state index in [4.69, 9.17) is 5.26 Å². The highest BCUT2D eigenvalue weighted by molar-refractivity contribution is 5.40. The first-order chi connectivity index (χ1) is 11.4. The zero-order valence-electron chi connectivity index (χ0n) is 15.7. The maximum absolute atomic E-state index is 9.00. The number of rotatable bonds is 4. The summed E-state index contributed by atoms with van der Waals surface area (Å²) in [5.74, 6) is 1.00. The molecule has 0 saturated carbocycles. The van der Waals surface area contributed by atoms with Crippen molar-refractivity contribution < 1.29 is 0 Å². The number of nitriles is 1. The van der Waals surface area contributed by atoms with Gasteiger partial charge >= 0.3 is 0 Å². The maximum atomic E-state index is 9.00. The van der Waals surface area contributed by atoms with Crippen molar-refractivity contribution >= 4 is 5.82 Å². The molecule has 0 aliphatic heterocycles. The van der Waals surface area contributed by atoms with Crippen LogP contribution in [-0.4, -0.2) is 16.5 Å². The van der Waals surface area contributed by atoms with Crippen LogP contribution >= 0.6 is 0 Å². The fourth-order valence-corrected chi connectivity index (χ4v) is 2.28. The van der Waals surface area contributed by atoms with Crippen LogP contribution in [0.4, 0.5) is 5.82 Å². The highest BCUT2D eigenvalue weighted by Crippen LogP contribution is 2.22. The zero-order chi connectivity index (χ0) is 18.2. The standard InChI is InChI=1S/C18H22N4.C2H6/c1-14-5-7-15(8-6-14)12-22(13-18(2,3)4)17-9-10-20-16(11-19)21-17;1-2/h5-10H,12-13H2,1-4H3;1-2H3. The van der Waals surface area contributed by atoms with Crippen molar-refractivity contribution in [2.24, 2.45) is 5.41 Å². The summed E-state index contributed by atoms with van der Waals surface area (Å²) in [4.78, 5) is 10.5. The van der Waals surface area contributed by atoms with E-state index in [1.165, 1.54) is 11.1 Å². The number of aromatic nitrogens is 2. The molecule has 0 atom stereocenters. The van der Waals surface area contributed by atoms with Gasteiger partial charge in [-0.2, -0.15) is 5.26 Å². The number of aryl methyl sites for hydroxylation is 1. The van der Waals surface area contributed by atoms with Crippen LogP contribution in [0.3, 0.4) is 0 Å². The van der Waals surface area contributed by atoms with E-state index < -0.39 is 0 Å². The Morgan fingerprint density at radius 2 is 1.71 bits per heavy atom. The lowest BCUT2D eigenvalue weighted by Gasteiger charge is -2.31. The van der Waals surface area contributed by atoms with Crippen molar-refractivity contribution in [2.45, 2.75) is 48.1 Å². The van der Waals surface area contributed by atoms with Gasteiger partial charge in [0.2, 0.25) is 5.82 Å². The van der Waals surface area contributed by atoms with Gasteiger partial charge in [-0.15, -0.1) is 0 Å². The molecule has 0 bridgehead atoms. The third kappa shape index (κ3) is 6.37. The summed E-state index contributed by atoms with van der Waals surface area (Å²) in [6.07, 6.45) is 1.64. The van der Waals surface area contributed by atoms with Crippen LogP contribution in [0.5, 0.6) is 0 Å². The minimum absolute atomic E-state index is 0.127. The molecule has 0 radical (unpaired) electrons. The first-order valence-corrected chi connectivity index (χ1v) is 8.41. The van der Waals surface area contributed by atoms with E-state index >= 15 is 0 Å². The third-order valence-electron chi connectivity index (χ3n) is 3.22. The monoisotopic (exact) mass is 324 g/mol. The molecule has 0 unspecified atom stereocenters. The number of anilines is 1. The Kier molecular flexibility index (Phi) is 7.38. The van der Waals surface area contributed by atoms with Crippen LogP contribution in [0.1, 0.15) is 51.6 Å². The second-order valence-electron chi connectivity index (χ2n) is 6.75. The van der Waals surface area contributed by atoms with E-state index in [1.807, 2.05) is 26.0 Å². The molecule has 0 saturated heterocycles. The summed E-state index contributed by atoms with van der Waals surface area (Å²) in [6, 6.07) is 12.4. The van der Waals surface area contributed by atoms with Gasteiger partial charge in [-0.1, -0.05) is 64.4 Å². The topological polar surface area (TPSA) is 52.8 Å². The van der Waals surface area contributed by atoms with Crippen LogP contribution in [0.25, 0.3) is 0 Å². The SMILES string of the molecule is CC.Cc1ccc(CN(CC(C)(C)C)c2ccnc(C#N)n2)cc1. The van der Waals surface area contributed by atoms with Crippen molar-refractivity contribution in [3.8, 4) is 6.07 Å². The fourth-order valence-electron chi connectivity index (χ4n) is 2.28. The first-order valence-electron chi connectivity index (χ1n) is 8.41. The summed E-state index contributed by atoms with van der Waals surface area (Å²) in [7, 11) is 0. The van der Waals surface area contributed by atoms with Gasteiger partial charge in [0.15, 0.2) is 0 Å². The predicted octanol–water partition coefficient (Wildman–Crippen LogP) is 4.74. The minimum Gasteiger partial charge on any atom is -0.352 e.